The van der Waals surface area contributed by atoms with Crippen LogP contribution in [0.3, 0.4) is 0 Å². The quantitative estimate of drug-likeness (QED) is 0.741. The lowest BCUT2D eigenvalue weighted by Crippen LogP contribution is -2.26. The molecule has 2 nitrogen and oxygen atoms in total. The molecule has 1 heterocycles. The molecule has 15 heavy (non-hydrogen) atoms. The van der Waals surface area contributed by atoms with E-state index >= 15 is 0 Å². The Balaban J connectivity index is 0.000000337. The number of aliphatic hydroxyl groups excluding tert-OH is 1. The van der Waals surface area contributed by atoms with Gasteiger partial charge in [-0.2, -0.15) is 0 Å². The summed E-state index contributed by atoms with van der Waals surface area (Å²) in [5.41, 5.74) is 1.44. The van der Waals surface area contributed by atoms with Gasteiger partial charge in [0.2, 0.25) is 0 Å². The summed E-state index contributed by atoms with van der Waals surface area (Å²) in [5.74, 6) is 0. The van der Waals surface area contributed by atoms with Gasteiger partial charge in [-0.25, -0.2) is 0 Å². The fourth-order valence-corrected chi connectivity index (χ4v) is 1.82. The molecule has 0 bridgehead atoms. The van der Waals surface area contributed by atoms with Crippen LogP contribution in [0.4, 0.5) is 0 Å². The minimum absolute atomic E-state index is 0.250. The van der Waals surface area contributed by atoms with Crippen LogP contribution >= 0.6 is 0 Å². The summed E-state index contributed by atoms with van der Waals surface area (Å²) >= 11 is 0. The molecule has 0 amide bonds. The van der Waals surface area contributed by atoms with Gasteiger partial charge in [0.05, 0.1) is 0 Å². The van der Waals surface area contributed by atoms with Crippen molar-refractivity contribution in [3.05, 3.63) is 35.9 Å². The van der Waals surface area contributed by atoms with Crippen LogP contribution in [0.25, 0.3) is 0 Å². The van der Waals surface area contributed by atoms with Crippen LogP contribution in [0.5, 0.6) is 0 Å². The molecule has 1 aromatic rings. The first-order chi connectivity index (χ1) is 7.38. The van der Waals surface area contributed by atoms with E-state index < -0.39 is 0 Å². The van der Waals surface area contributed by atoms with Crippen molar-refractivity contribution < 1.29 is 5.11 Å². The van der Waals surface area contributed by atoms with Crippen molar-refractivity contribution in [2.45, 2.75) is 32.2 Å². The molecule has 2 N–H and O–H groups in total. The minimum Gasteiger partial charge on any atom is -0.397 e. The molecule has 1 unspecified atom stereocenters. The molecule has 0 radical (unpaired) electrons. The van der Waals surface area contributed by atoms with E-state index in [0.717, 1.165) is 0 Å². The SMILES string of the molecule is CCO.c1ccc(C2CCCCN2)cc1. The molecule has 1 aromatic carbocycles. The highest BCUT2D eigenvalue weighted by atomic mass is 16.2. The Bertz CT molecular complexity index is 242. The molecule has 2 rings (SSSR count). The van der Waals surface area contributed by atoms with E-state index in [-0.39, 0.29) is 6.61 Å². The van der Waals surface area contributed by atoms with E-state index in [4.69, 9.17) is 5.11 Å². The summed E-state index contributed by atoms with van der Waals surface area (Å²) in [7, 11) is 0. The Morgan fingerprint density at radius 2 is 1.93 bits per heavy atom. The van der Waals surface area contributed by atoms with Crippen molar-refractivity contribution in [1.29, 1.82) is 0 Å². The lowest BCUT2D eigenvalue weighted by molar-refractivity contribution is 0.318. The summed E-state index contributed by atoms with van der Waals surface area (Å²) < 4.78 is 0. The predicted octanol–water partition coefficient (Wildman–Crippen LogP) is 2.50. The summed E-state index contributed by atoms with van der Waals surface area (Å²) in [4.78, 5) is 0. The molecule has 84 valence electrons. The zero-order valence-corrected chi connectivity index (χ0v) is 9.45. The van der Waals surface area contributed by atoms with Gasteiger partial charge in [-0.15, -0.1) is 0 Å². The molecular formula is C13H21NO. The highest BCUT2D eigenvalue weighted by Gasteiger charge is 2.13. The van der Waals surface area contributed by atoms with E-state index in [1.54, 1.807) is 6.92 Å². The molecule has 1 aliphatic rings. The highest BCUT2D eigenvalue weighted by Crippen LogP contribution is 2.21. The van der Waals surface area contributed by atoms with Crippen LogP contribution in [0.15, 0.2) is 30.3 Å². The van der Waals surface area contributed by atoms with Gasteiger partial charge in [-0.05, 0) is 31.9 Å². The van der Waals surface area contributed by atoms with Crippen LogP contribution in [-0.2, 0) is 0 Å². The first kappa shape index (κ1) is 12.2. The van der Waals surface area contributed by atoms with Gasteiger partial charge in [0.1, 0.15) is 0 Å². The van der Waals surface area contributed by atoms with Crippen molar-refractivity contribution in [2.75, 3.05) is 13.2 Å². The molecular weight excluding hydrogens is 186 g/mol. The maximum absolute atomic E-state index is 7.57. The first-order valence-electron chi connectivity index (χ1n) is 5.77. The second-order valence-electron chi connectivity index (χ2n) is 3.73. The van der Waals surface area contributed by atoms with Gasteiger partial charge in [0.25, 0.3) is 0 Å². The van der Waals surface area contributed by atoms with Crippen LogP contribution in [0.1, 0.15) is 37.8 Å². The zero-order valence-electron chi connectivity index (χ0n) is 9.45. The Hall–Kier alpha value is -0.860. The van der Waals surface area contributed by atoms with E-state index in [1.807, 2.05) is 0 Å². The second kappa shape index (κ2) is 7.43. The third-order valence-electron chi connectivity index (χ3n) is 2.51. The molecule has 1 fully saturated rings. The first-order valence-corrected chi connectivity index (χ1v) is 5.77. The predicted molar refractivity (Wildman–Crippen MR) is 63.8 cm³/mol. The normalized spacial score (nSPS) is 20.3. The summed E-state index contributed by atoms with van der Waals surface area (Å²) in [6.45, 7) is 3.11. The van der Waals surface area contributed by atoms with Gasteiger partial charge in [0.15, 0.2) is 0 Å². The van der Waals surface area contributed by atoms with Crippen LogP contribution in [-0.4, -0.2) is 18.3 Å². The van der Waals surface area contributed by atoms with Crippen molar-refractivity contribution >= 4 is 0 Å². The summed E-state index contributed by atoms with van der Waals surface area (Å²) in [6, 6.07) is 11.3. The topological polar surface area (TPSA) is 32.3 Å². The maximum atomic E-state index is 7.57. The monoisotopic (exact) mass is 207 g/mol. The van der Waals surface area contributed by atoms with Crippen molar-refractivity contribution in [2.24, 2.45) is 0 Å². The third-order valence-corrected chi connectivity index (χ3v) is 2.51. The number of nitrogens with one attached hydrogen (secondary N) is 1. The number of hydrogen-bond donors (Lipinski definition) is 2. The average Bonchev–Trinajstić information content (AvgIpc) is 2.32. The van der Waals surface area contributed by atoms with Gasteiger partial charge in [-0.3, -0.25) is 0 Å². The fourth-order valence-electron chi connectivity index (χ4n) is 1.82. The average molecular weight is 207 g/mol. The van der Waals surface area contributed by atoms with E-state index in [1.165, 1.54) is 31.4 Å². The number of benzene rings is 1. The third kappa shape index (κ3) is 4.45. The lowest BCUT2D eigenvalue weighted by Gasteiger charge is -2.23. The summed E-state index contributed by atoms with van der Waals surface area (Å²) in [6.07, 6.45) is 4.00. The van der Waals surface area contributed by atoms with E-state index in [0.29, 0.717) is 6.04 Å². The molecule has 0 saturated carbocycles. The Kier molecular flexibility index (Phi) is 6.05. The van der Waals surface area contributed by atoms with Crippen LogP contribution in [0.2, 0.25) is 0 Å². The number of rotatable bonds is 1. The van der Waals surface area contributed by atoms with Gasteiger partial charge >= 0.3 is 0 Å². The molecule has 0 aliphatic carbocycles. The van der Waals surface area contributed by atoms with Gasteiger partial charge < -0.3 is 10.4 Å². The molecule has 1 atom stereocenters. The smallest absolute Gasteiger partial charge is 0.0402 e. The second-order valence-corrected chi connectivity index (χ2v) is 3.73. The van der Waals surface area contributed by atoms with Crippen LogP contribution < -0.4 is 5.32 Å². The molecule has 2 heteroatoms. The molecule has 1 saturated heterocycles. The Morgan fingerprint density at radius 3 is 2.47 bits per heavy atom. The van der Waals surface area contributed by atoms with Gasteiger partial charge in [-0.1, -0.05) is 36.8 Å². The Labute approximate surface area is 92.3 Å². The highest BCUT2D eigenvalue weighted by molar-refractivity contribution is 5.19. The Morgan fingerprint density at radius 1 is 1.27 bits per heavy atom. The number of piperidine rings is 1. The molecule has 0 spiro atoms. The summed E-state index contributed by atoms with van der Waals surface area (Å²) in [5, 5.41) is 11.1. The van der Waals surface area contributed by atoms with Gasteiger partial charge in [0, 0.05) is 12.6 Å². The fraction of sp³-hybridized carbons (Fsp3) is 0.538. The number of hydrogen-bond acceptors (Lipinski definition) is 2. The van der Waals surface area contributed by atoms with Crippen LogP contribution in [0, 0.1) is 0 Å². The largest absolute Gasteiger partial charge is 0.397 e. The number of aliphatic hydroxyl groups is 1. The maximum Gasteiger partial charge on any atom is 0.0402 e. The van der Waals surface area contributed by atoms with E-state index in [9.17, 15) is 0 Å². The van der Waals surface area contributed by atoms with Crippen molar-refractivity contribution in [3.8, 4) is 0 Å². The van der Waals surface area contributed by atoms with Crippen molar-refractivity contribution in [1.82, 2.24) is 5.32 Å². The van der Waals surface area contributed by atoms with Crippen molar-refractivity contribution in [3.63, 3.8) is 0 Å². The standard InChI is InChI=1S/C11H15N.C2H6O/c1-2-6-10(7-3-1)11-8-4-5-9-12-11;1-2-3/h1-3,6-7,11-12H,4-5,8-9H2;3H,2H2,1H3. The zero-order chi connectivity index (χ0) is 10.9. The molecule has 1 aliphatic heterocycles. The minimum atomic E-state index is 0.250. The molecule has 0 aromatic heterocycles. The lowest BCUT2D eigenvalue weighted by atomic mass is 9.98. The van der Waals surface area contributed by atoms with E-state index in [2.05, 4.69) is 35.6 Å².